The Hall–Kier alpha value is -1.21. The van der Waals surface area contributed by atoms with Crippen LogP contribution in [0.25, 0.3) is 0 Å². The first-order valence-electron chi connectivity index (χ1n) is 4.44. The summed E-state index contributed by atoms with van der Waals surface area (Å²) in [6.07, 6.45) is 6.27. The predicted molar refractivity (Wildman–Crippen MR) is 54.4 cm³/mol. The SMILES string of the molecule is CSc1cnc(C#N)cc1OC1CC1. The first-order chi connectivity index (χ1) is 6.83. The second kappa shape index (κ2) is 3.89. The van der Waals surface area contributed by atoms with E-state index in [2.05, 4.69) is 4.98 Å². The van der Waals surface area contributed by atoms with Crippen molar-refractivity contribution < 1.29 is 4.74 Å². The van der Waals surface area contributed by atoms with Crippen molar-refractivity contribution in [3.63, 3.8) is 0 Å². The lowest BCUT2D eigenvalue weighted by Gasteiger charge is -2.08. The molecule has 2 rings (SSSR count). The predicted octanol–water partition coefficient (Wildman–Crippen LogP) is 2.22. The zero-order valence-corrected chi connectivity index (χ0v) is 8.67. The van der Waals surface area contributed by atoms with Gasteiger partial charge in [-0.25, -0.2) is 4.98 Å². The van der Waals surface area contributed by atoms with E-state index in [1.165, 1.54) is 0 Å². The van der Waals surface area contributed by atoms with Crippen LogP contribution in [-0.2, 0) is 0 Å². The summed E-state index contributed by atoms with van der Waals surface area (Å²) in [5.41, 5.74) is 0.415. The Bertz CT molecular complexity index is 382. The highest BCUT2D eigenvalue weighted by molar-refractivity contribution is 7.98. The monoisotopic (exact) mass is 206 g/mol. The van der Waals surface area contributed by atoms with Crippen LogP contribution in [0.3, 0.4) is 0 Å². The molecule has 1 aromatic heterocycles. The van der Waals surface area contributed by atoms with Gasteiger partial charge in [0.05, 0.1) is 11.0 Å². The quantitative estimate of drug-likeness (QED) is 0.711. The van der Waals surface area contributed by atoms with E-state index < -0.39 is 0 Å². The van der Waals surface area contributed by atoms with Crippen molar-refractivity contribution in [3.05, 3.63) is 18.0 Å². The highest BCUT2D eigenvalue weighted by atomic mass is 32.2. The Kier molecular flexibility index (Phi) is 2.60. The van der Waals surface area contributed by atoms with Gasteiger partial charge in [-0.1, -0.05) is 0 Å². The van der Waals surface area contributed by atoms with E-state index in [1.807, 2.05) is 12.3 Å². The van der Waals surface area contributed by atoms with Crippen LogP contribution in [0.4, 0.5) is 0 Å². The largest absolute Gasteiger partial charge is 0.489 e. The molecule has 1 heterocycles. The molecule has 0 N–H and O–H groups in total. The molecule has 14 heavy (non-hydrogen) atoms. The normalized spacial score (nSPS) is 14.9. The number of nitrogens with zero attached hydrogens (tertiary/aromatic N) is 2. The number of nitriles is 1. The van der Waals surface area contributed by atoms with E-state index in [4.69, 9.17) is 10.00 Å². The van der Waals surface area contributed by atoms with Crippen LogP contribution in [0.2, 0.25) is 0 Å². The maximum atomic E-state index is 8.70. The van der Waals surface area contributed by atoms with Crippen molar-refractivity contribution in [3.8, 4) is 11.8 Å². The molecular formula is C10H10N2OS. The Morgan fingerprint density at radius 1 is 1.64 bits per heavy atom. The van der Waals surface area contributed by atoms with Crippen molar-refractivity contribution in [2.75, 3.05) is 6.26 Å². The fourth-order valence-electron chi connectivity index (χ4n) is 1.10. The molecular weight excluding hydrogens is 196 g/mol. The first kappa shape index (κ1) is 9.35. The van der Waals surface area contributed by atoms with Gasteiger partial charge < -0.3 is 4.74 Å². The Labute approximate surface area is 87.1 Å². The Morgan fingerprint density at radius 2 is 2.43 bits per heavy atom. The standard InChI is InChI=1S/C10H10N2OS/c1-14-10-6-12-7(5-11)4-9(10)13-8-2-3-8/h4,6,8H,2-3H2,1H3. The van der Waals surface area contributed by atoms with Crippen LogP contribution < -0.4 is 4.74 Å². The van der Waals surface area contributed by atoms with Crippen molar-refractivity contribution in [2.45, 2.75) is 23.8 Å². The van der Waals surface area contributed by atoms with E-state index in [1.54, 1.807) is 24.0 Å². The summed E-state index contributed by atoms with van der Waals surface area (Å²) in [6, 6.07) is 3.72. The molecule has 1 fully saturated rings. The molecule has 0 aliphatic heterocycles. The van der Waals surface area contributed by atoms with Gasteiger partial charge >= 0.3 is 0 Å². The molecule has 1 aliphatic rings. The molecule has 4 heteroatoms. The molecule has 3 nitrogen and oxygen atoms in total. The maximum Gasteiger partial charge on any atom is 0.144 e. The van der Waals surface area contributed by atoms with Crippen molar-refractivity contribution >= 4 is 11.8 Å². The highest BCUT2D eigenvalue weighted by Crippen LogP contribution is 2.33. The van der Waals surface area contributed by atoms with E-state index in [9.17, 15) is 0 Å². The number of hydrogen-bond acceptors (Lipinski definition) is 4. The maximum absolute atomic E-state index is 8.70. The van der Waals surface area contributed by atoms with Gasteiger partial charge in [-0.2, -0.15) is 5.26 Å². The van der Waals surface area contributed by atoms with Crippen molar-refractivity contribution in [1.29, 1.82) is 5.26 Å². The molecule has 0 amide bonds. The molecule has 0 atom stereocenters. The Balaban J connectivity index is 2.27. The Morgan fingerprint density at radius 3 is 3.00 bits per heavy atom. The number of ether oxygens (including phenoxy) is 1. The summed E-state index contributed by atoms with van der Waals surface area (Å²) in [4.78, 5) is 4.99. The average Bonchev–Trinajstić information content (AvgIpc) is 3.01. The number of pyridine rings is 1. The third-order valence-electron chi connectivity index (χ3n) is 1.98. The lowest BCUT2D eigenvalue weighted by molar-refractivity contribution is 0.295. The van der Waals surface area contributed by atoms with Gasteiger partial charge in [-0.15, -0.1) is 11.8 Å². The van der Waals surface area contributed by atoms with Crippen LogP contribution in [-0.4, -0.2) is 17.3 Å². The minimum absolute atomic E-state index is 0.356. The van der Waals surface area contributed by atoms with Crippen molar-refractivity contribution in [1.82, 2.24) is 4.98 Å². The van der Waals surface area contributed by atoms with E-state index in [0.29, 0.717) is 11.8 Å². The average molecular weight is 206 g/mol. The second-order valence-electron chi connectivity index (χ2n) is 3.15. The minimum atomic E-state index is 0.356. The molecule has 1 saturated carbocycles. The fraction of sp³-hybridized carbons (Fsp3) is 0.400. The first-order valence-corrected chi connectivity index (χ1v) is 5.66. The van der Waals surface area contributed by atoms with Crippen LogP contribution in [0.1, 0.15) is 18.5 Å². The fourth-order valence-corrected chi connectivity index (χ4v) is 1.56. The topological polar surface area (TPSA) is 45.9 Å². The summed E-state index contributed by atoms with van der Waals surface area (Å²) < 4.78 is 5.68. The second-order valence-corrected chi connectivity index (χ2v) is 4.00. The summed E-state index contributed by atoms with van der Waals surface area (Å²) in [6.45, 7) is 0. The molecule has 0 spiro atoms. The molecule has 1 aliphatic carbocycles. The number of thioether (sulfide) groups is 1. The van der Waals surface area contributed by atoms with Gasteiger partial charge in [0.25, 0.3) is 0 Å². The van der Waals surface area contributed by atoms with Crippen LogP contribution in [0.15, 0.2) is 17.2 Å². The molecule has 72 valence electrons. The summed E-state index contributed by atoms with van der Waals surface area (Å²) in [5, 5.41) is 8.70. The van der Waals surface area contributed by atoms with E-state index >= 15 is 0 Å². The number of hydrogen-bond donors (Lipinski definition) is 0. The highest BCUT2D eigenvalue weighted by Gasteiger charge is 2.24. The van der Waals surface area contributed by atoms with Gasteiger partial charge in [-0.05, 0) is 19.1 Å². The van der Waals surface area contributed by atoms with Gasteiger partial charge in [0.2, 0.25) is 0 Å². The number of rotatable bonds is 3. The summed E-state index contributed by atoms with van der Waals surface area (Å²) in [7, 11) is 0. The van der Waals surface area contributed by atoms with E-state index in [0.717, 1.165) is 23.5 Å². The molecule has 0 saturated heterocycles. The molecule has 0 bridgehead atoms. The minimum Gasteiger partial charge on any atom is -0.489 e. The molecule has 0 aromatic carbocycles. The molecule has 0 radical (unpaired) electrons. The van der Waals surface area contributed by atoms with E-state index in [-0.39, 0.29) is 0 Å². The third kappa shape index (κ3) is 1.99. The smallest absolute Gasteiger partial charge is 0.144 e. The van der Waals surface area contributed by atoms with Gasteiger partial charge in [0.1, 0.15) is 17.5 Å². The van der Waals surface area contributed by atoms with Gasteiger partial charge in [0, 0.05) is 12.3 Å². The molecule has 0 unspecified atom stereocenters. The zero-order chi connectivity index (χ0) is 9.97. The molecule has 1 aromatic rings. The summed E-state index contributed by atoms with van der Waals surface area (Å²) >= 11 is 1.59. The summed E-state index contributed by atoms with van der Waals surface area (Å²) in [5.74, 6) is 0.798. The number of aromatic nitrogens is 1. The van der Waals surface area contributed by atoms with Gasteiger partial charge in [-0.3, -0.25) is 0 Å². The van der Waals surface area contributed by atoms with Crippen LogP contribution in [0, 0.1) is 11.3 Å². The van der Waals surface area contributed by atoms with Crippen LogP contribution >= 0.6 is 11.8 Å². The van der Waals surface area contributed by atoms with Gasteiger partial charge in [0.15, 0.2) is 0 Å². The van der Waals surface area contributed by atoms with Crippen molar-refractivity contribution in [2.24, 2.45) is 0 Å². The lowest BCUT2D eigenvalue weighted by Crippen LogP contribution is -1.98. The lowest BCUT2D eigenvalue weighted by atomic mass is 10.3. The van der Waals surface area contributed by atoms with Crippen LogP contribution in [0.5, 0.6) is 5.75 Å². The third-order valence-corrected chi connectivity index (χ3v) is 2.73. The zero-order valence-electron chi connectivity index (χ0n) is 7.86.